The van der Waals surface area contributed by atoms with Crippen molar-refractivity contribution in [1.82, 2.24) is 0 Å². The maximum absolute atomic E-state index is 12.6. The van der Waals surface area contributed by atoms with Crippen LogP contribution < -0.4 is 0 Å². The number of hydrogen-bond acceptors (Lipinski definition) is 4. The minimum absolute atomic E-state index is 0.0518. The number of aliphatic hydroxyl groups excluding tert-OH is 1. The summed E-state index contributed by atoms with van der Waals surface area (Å²) in [4.78, 5) is 24.0. The second-order valence-corrected chi connectivity index (χ2v) is 9.55. The summed E-state index contributed by atoms with van der Waals surface area (Å²) in [5.74, 6) is 2.05. The van der Waals surface area contributed by atoms with Crippen molar-refractivity contribution in [2.45, 2.75) is 71.8 Å². The summed E-state index contributed by atoms with van der Waals surface area (Å²) >= 11 is 0. The number of fused-ring (bicyclic) bond motifs is 5. The zero-order valence-corrected chi connectivity index (χ0v) is 16.3. The van der Waals surface area contributed by atoms with Crippen molar-refractivity contribution in [3.63, 3.8) is 0 Å². The minimum atomic E-state index is -0.216. The van der Waals surface area contributed by atoms with Gasteiger partial charge in [0.05, 0.1) is 6.61 Å². The van der Waals surface area contributed by atoms with E-state index in [4.69, 9.17) is 4.74 Å². The predicted molar refractivity (Wildman–Crippen MR) is 98.2 cm³/mol. The second kappa shape index (κ2) is 6.19. The highest BCUT2D eigenvalue weighted by atomic mass is 16.5. The molecule has 0 bridgehead atoms. The molecule has 144 valence electrons. The van der Waals surface area contributed by atoms with E-state index in [0.717, 1.165) is 44.9 Å². The zero-order chi connectivity index (χ0) is 18.7. The van der Waals surface area contributed by atoms with Crippen molar-refractivity contribution in [1.29, 1.82) is 0 Å². The van der Waals surface area contributed by atoms with Crippen LogP contribution in [-0.2, 0) is 14.3 Å². The van der Waals surface area contributed by atoms with Gasteiger partial charge in [-0.25, -0.2) is 0 Å². The first kappa shape index (κ1) is 18.2. The first-order chi connectivity index (χ1) is 12.3. The van der Waals surface area contributed by atoms with Crippen LogP contribution in [0.15, 0.2) is 11.6 Å². The first-order valence-electron chi connectivity index (χ1n) is 10.3. The van der Waals surface area contributed by atoms with Crippen LogP contribution in [0.1, 0.15) is 65.7 Å². The summed E-state index contributed by atoms with van der Waals surface area (Å²) in [6, 6.07) is 0. The van der Waals surface area contributed by atoms with Crippen LogP contribution in [0.5, 0.6) is 0 Å². The van der Waals surface area contributed by atoms with Gasteiger partial charge in [0.25, 0.3) is 0 Å². The van der Waals surface area contributed by atoms with Crippen molar-refractivity contribution < 1.29 is 19.4 Å². The minimum Gasteiger partial charge on any atom is -0.462 e. The lowest BCUT2D eigenvalue weighted by atomic mass is 9.46. The normalized spacial score (nSPS) is 47.5. The fourth-order valence-corrected chi connectivity index (χ4v) is 7.19. The third-order valence-corrected chi connectivity index (χ3v) is 8.44. The van der Waals surface area contributed by atoms with Crippen molar-refractivity contribution in [3.05, 3.63) is 11.6 Å². The molecule has 0 aromatic carbocycles. The summed E-state index contributed by atoms with van der Waals surface area (Å²) < 4.78 is 5.49. The average molecular weight is 360 g/mol. The maximum Gasteiger partial charge on any atom is 0.302 e. The molecule has 0 aliphatic heterocycles. The summed E-state index contributed by atoms with van der Waals surface area (Å²) in [5, 5.41) is 10.5. The molecule has 0 heterocycles. The topological polar surface area (TPSA) is 63.6 Å². The van der Waals surface area contributed by atoms with Gasteiger partial charge < -0.3 is 9.84 Å². The Bertz CT molecular complexity index is 653. The van der Waals surface area contributed by atoms with Gasteiger partial charge in [-0.2, -0.15) is 0 Å². The van der Waals surface area contributed by atoms with Gasteiger partial charge in [0.15, 0.2) is 0 Å². The molecule has 4 nitrogen and oxygen atoms in total. The molecule has 2 unspecified atom stereocenters. The van der Waals surface area contributed by atoms with Crippen molar-refractivity contribution in [3.8, 4) is 0 Å². The summed E-state index contributed by atoms with van der Waals surface area (Å²) in [5.41, 5.74) is 0.992. The lowest BCUT2D eigenvalue weighted by Crippen LogP contribution is -2.55. The molecule has 0 spiro atoms. The van der Waals surface area contributed by atoms with Crippen LogP contribution >= 0.6 is 0 Å². The van der Waals surface area contributed by atoms with E-state index in [-0.39, 0.29) is 29.5 Å². The molecule has 4 aliphatic carbocycles. The number of esters is 1. The highest BCUT2D eigenvalue weighted by molar-refractivity contribution is 5.87. The van der Waals surface area contributed by atoms with E-state index in [0.29, 0.717) is 29.5 Å². The van der Waals surface area contributed by atoms with Crippen LogP contribution in [0.25, 0.3) is 0 Å². The van der Waals surface area contributed by atoms with E-state index < -0.39 is 0 Å². The van der Waals surface area contributed by atoms with E-state index in [1.54, 1.807) is 0 Å². The van der Waals surface area contributed by atoms with Gasteiger partial charge in [-0.05, 0) is 55.8 Å². The molecule has 0 saturated heterocycles. The van der Waals surface area contributed by atoms with Crippen LogP contribution in [0.4, 0.5) is 0 Å². The van der Waals surface area contributed by atoms with Crippen LogP contribution in [-0.4, -0.2) is 29.6 Å². The largest absolute Gasteiger partial charge is 0.462 e. The highest BCUT2D eigenvalue weighted by Crippen LogP contribution is 2.65. The number of ketones is 1. The Morgan fingerprint density at radius 1 is 1.27 bits per heavy atom. The van der Waals surface area contributed by atoms with E-state index in [1.807, 2.05) is 0 Å². The van der Waals surface area contributed by atoms with Gasteiger partial charge in [0.2, 0.25) is 0 Å². The average Bonchev–Trinajstić information content (AvgIpc) is 2.89. The van der Waals surface area contributed by atoms with Crippen molar-refractivity contribution in [2.75, 3.05) is 6.61 Å². The molecule has 4 heteroatoms. The molecule has 0 radical (unpaired) electrons. The third-order valence-electron chi connectivity index (χ3n) is 8.44. The SMILES string of the molecule is CC(=O)OC1CC[C@@]2(CO)C(=CC(C)[C@@H]3[C@H]2CC[C@]2(C)C(=O)CC[C@@H]32)C1. The monoisotopic (exact) mass is 360 g/mol. The summed E-state index contributed by atoms with van der Waals surface area (Å²) in [6.07, 6.45) is 8.53. The van der Waals surface area contributed by atoms with Crippen molar-refractivity contribution >= 4 is 11.8 Å². The Balaban J connectivity index is 1.69. The van der Waals surface area contributed by atoms with E-state index in [9.17, 15) is 14.7 Å². The third kappa shape index (κ3) is 2.44. The van der Waals surface area contributed by atoms with E-state index in [2.05, 4.69) is 19.9 Å². The van der Waals surface area contributed by atoms with Crippen molar-refractivity contribution in [2.24, 2.45) is 34.5 Å². The molecular weight excluding hydrogens is 328 g/mol. The van der Waals surface area contributed by atoms with Gasteiger partial charge in [-0.15, -0.1) is 0 Å². The second-order valence-electron chi connectivity index (χ2n) is 9.55. The predicted octanol–water partition coefficient (Wildman–Crippen LogP) is 3.67. The van der Waals surface area contributed by atoms with Gasteiger partial charge >= 0.3 is 5.97 Å². The van der Waals surface area contributed by atoms with E-state index >= 15 is 0 Å². The standard InChI is InChI=1S/C22H32O4/c1-13-10-15-11-16(26-14(2)24)6-9-22(15,12-23)18-7-8-21(3)17(20(13)18)4-5-19(21)25/h10,13,16-18,20,23H,4-9,11-12H2,1-3H3/t13?,16?,17-,18+,20-,21-,22+/m0/s1. The lowest BCUT2D eigenvalue weighted by molar-refractivity contribution is -0.150. The summed E-state index contributed by atoms with van der Waals surface area (Å²) in [7, 11) is 0. The number of carbonyl (C=O) groups is 2. The quantitative estimate of drug-likeness (QED) is 0.603. The Hall–Kier alpha value is -1.16. The maximum atomic E-state index is 12.6. The molecule has 4 rings (SSSR count). The van der Waals surface area contributed by atoms with Gasteiger partial charge in [0, 0.05) is 30.6 Å². The molecule has 1 N–H and O–H groups in total. The smallest absolute Gasteiger partial charge is 0.302 e. The number of carbonyl (C=O) groups excluding carboxylic acids is 2. The Kier molecular flexibility index (Phi) is 4.33. The van der Waals surface area contributed by atoms with E-state index in [1.165, 1.54) is 12.5 Å². The van der Waals surface area contributed by atoms with Gasteiger partial charge in [0.1, 0.15) is 11.9 Å². The molecule has 0 amide bonds. The number of Topliss-reactive ketones (excluding diaryl/α,β-unsaturated/α-hetero) is 1. The van der Waals surface area contributed by atoms with Gasteiger partial charge in [-0.3, -0.25) is 9.59 Å². The summed E-state index contributed by atoms with van der Waals surface area (Å²) in [6.45, 7) is 6.13. The van der Waals surface area contributed by atoms with Gasteiger partial charge in [-0.1, -0.05) is 25.5 Å². The number of hydrogen-bond donors (Lipinski definition) is 1. The molecular formula is C22H32O4. The molecule has 26 heavy (non-hydrogen) atoms. The molecule has 3 saturated carbocycles. The molecule has 0 aromatic rings. The number of ether oxygens (including phenoxy) is 1. The molecule has 3 fully saturated rings. The number of aliphatic hydroxyl groups is 1. The zero-order valence-electron chi connectivity index (χ0n) is 16.3. The first-order valence-corrected chi connectivity index (χ1v) is 10.3. The fraction of sp³-hybridized carbons (Fsp3) is 0.818. The molecule has 4 aliphatic rings. The Labute approximate surface area is 156 Å². The Morgan fingerprint density at radius 2 is 2.04 bits per heavy atom. The highest BCUT2D eigenvalue weighted by Gasteiger charge is 2.61. The van der Waals surface area contributed by atoms with Crippen LogP contribution in [0.2, 0.25) is 0 Å². The Morgan fingerprint density at radius 3 is 2.73 bits per heavy atom. The van der Waals surface area contributed by atoms with Crippen LogP contribution in [0.3, 0.4) is 0 Å². The molecule has 0 aromatic heterocycles. The lowest BCUT2D eigenvalue weighted by Gasteiger charge is -2.59. The number of allylic oxidation sites excluding steroid dienone is 1. The van der Waals surface area contributed by atoms with Crippen LogP contribution in [0, 0.1) is 34.5 Å². The molecule has 7 atom stereocenters. The fourth-order valence-electron chi connectivity index (χ4n) is 7.19. The number of rotatable bonds is 2.